The Morgan fingerprint density at radius 3 is 2.18 bits per heavy atom. The zero-order valence-corrected chi connectivity index (χ0v) is 11.7. The molecule has 0 aromatic heterocycles. The highest BCUT2D eigenvalue weighted by Crippen LogP contribution is 2.29. The molecule has 0 bridgehead atoms. The highest BCUT2D eigenvalue weighted by Gasteiger charge is 2.34. The maximum atomic E-state index is 13.4. The number of urea groups is 1. The van der Waals surface area contributed by atoms with Crippen LogP contribution in [-0.2, 0) is 6.54 Å². The minimum atomic E-state index is -1.54. The van der Waals surface area contributed by atoms with E-state index in [2.05, 4.69) is 10.6 Å². The predicted molar refractivity (Wildman–Crippen MR) is 69.9 cm³/mol. The number of nitrogens with one attached hydrogen (secondary N) is 2. The summed E-state index contributed by atoms with van der Waals surface area (Å²) in [6.07, 6.45) is 2.88. The van der Waals surface area contributed by atoms with Crippen LogP contribution in [0.2, 0.25) is 0 Å². The molecular weight excluding hydrogens is 304 g/mol. The third kappa shape index (κ3) is 3.32. The topological polar surface area (TPSA) is 61.4 Å². The number of amides is 2. The molecule has 0 aliphatic heterocycles. The highest BCUT2D eigenvalue weighted by atomic mass is 19.2. The van der Waals surface area contributed by atoms with Gasteiger partial charge in [0.1, 0.15) is 0 Å². The molecule has 1 aliphatic rings. The Hall–Kier alpha value is -1.83. The van der Waals surface area contributed by atoms with Crippen molar-refractivity contribution in [3.63, 3.8) is 0 Å². The number of carbonyl (C=O) groups excluding carboxylic acids is 1. The molecule has 0 radical (unpaired) electrons. The highest BCUT2D eigenvalue weighted by molar-refractivity contribution is 5.74. The first-order chi connectivity index (χ1) is 10.4. The second-order valence-electron chi connectivity index (χ2n) is 5.40. The van der Waals surface area contributed by atoms with Crippen molar-refractivity contribution >= 4 is 6.03 Å². The number of hydrogen-bond donors (Lipinski definition) is 3. The quantitative estimate of drug-likeness (QED) is 0.589. The van der Waals surface area contributed by atoms with Crippen molar-refractivity contribution < 1.29 is 27.5 Å². The second-order valence-corrected chi connectivity index (χ2v) is 5.40. The fourth-order valence-corrected chi connectivity index (χ4v) is 2.61. The first kappa shape index (κ1) is 16.5. The summed E-state index contributed by atoms with van der Waals surface area (Å²) in [7, 11) is 0. The summed E-state index contributed by atoms with van der Waals surface area (Å²) in [5.41, 5.74) is -1.65. The zero-order chi connectivity index (χ0) is 16.3. The van der Waals surface area contributed by atoms with Crippen LogP contribution in [0.25, 0.3) is 0 Å². The van der Waals surface area contributed by atoms with Crippen LogP contribution in [0.1, 0.15) is 31.2 Å². The van der Waals surface area contributed by atoms with Crippen LogP contribution in [0.4, 0.5) is 22.4 Å². The van der Waals surface area contributed by atoms with E-state index in [0.29, 0.717) is 12.8 Å². The maximum Gasteiger partial charge on any atom is 0.315 e. The standard InChI is InChI=1S/C14H16F4N2O2/c15-9-5-10(16)12(18)8(11(9)17)6-19-13(22)20-14(7-21)3-1-2-4-14/h5,21H,1-4,6-7H2,(H2,19,20,22). The first-order valence-electron chi connectivity index (χ1n) is 6.87. The summed E-state index contributed by atoms with van der Waals surface area (Å²) in [6.45, 7) is -0.961. The van der Waals surface area contributed by atoms with Gasteiger partial charge in [-0.3, -0.25) is 0 Å². The van der Waals surface area contributed by atoms with Crippen molar-refractivity contribution in [3.05, 3.63) is 34.9 Å². The molecule has 122 valence electrons. The minimum Gasteiger partial charge on any atom is -0.394 e. The van der Waals surface area contributed by atoms with Crippen molar-refractivity contribution in [1.29, 1.82) is 0 Å². The van der Waals surface area contributed by atoms with E-state index < -0.39 is 46.9 Å². The molecule has 4 nitrogen and oxygen atoms in total. The molecule has 0 unspecified atom stereocenters. The van der Waals surface area contributed by atoms with E-state index in [9.17, 15) is 27.5 Å². The van der Waals surface area contributed by atoms with Crippen molar-refractivity contribution in [2.45, 2.75) is 37.8 Å². The van der Waals surface area contributed by atoms with Crippen molar-refractivity contribution in [1.82, 2.24) is 10.6 Å². The van der Waals surface area contributed by atoms with Gasteiger partial charge in [0, 0.05) is 11.6 Å². The van der Waals surface area contributed by atoms with Crippen LogP contribution < -0.4 is 10.6 Å². The van der Waals surface area contributed by atoms with E-state index in [1.165, 1.54) is 0 Å². The second kappa shape index (κ2) is 6.51. The van der Waals surface area contributed by atoms with Gasteiger partial charge in [0.15, 0.2) is 23.3 Å². The lowest BCUT2D eigenvalue weighted by Crippen LogP contribution is -2.52. The van der Waals surface area contributed by atoms with E-state index in [1.807, 2.05) is 0 Å². The Labute approximate surface area is 124 Å². The van der Waals surface area contributed by atoms with Crippen LogP contribution in [0, 0.1) is 23.3 Å². The monoisotopic (exact) mass is 320 g/mol. The average molecular weight is 320 g/mol. The van der Waals surface area contributed by atoms with Gasteiger partial charge in [0.2, 0.25) is 0 Å². The zero-order valence-electron chi connectivity index (χ0n) is 11.7. The molecule has 0 saturated heterocycles. The first-order valence-corrected chi connectivity index (χ1v) is 6.87. The number of halogens is 4. The Morgan fingerprint density at radius 1 is 1.14 bits per heavy atom. The Balaban J connectivity index is 2.03. The fourth-order valence-electron chi connectivity index (χ4n) is 2.61. The van der Waals surface area contributed by atoms with Gasteiger partial charge in [-0.25, -0.2) is 22.4 Å². The molecule has 1 fully saturated rings. The number of aliphatic hydroxyl groups excluding tert-OH is 1. The van der Waals surface area contributed by atoms with Gasteiger partial charge in [-0.15, -0.1) is 0 Å². The predicted octanol–water partition coefficient (Wildman–Crippen LogP) is 2.35. The Morgan fingerprint density at radius 2 is 1.68 bits per heavy atom. The van der Waals surface area contributed by atoms with Gasteiger partial charge < -0.3 is 15.7 Å². The lowest BCUT2D eigenvalue weighted by atomic mass is 9.99. The van der Waals surface area contributed by atoms with E-state index in [4.69, 9.17) is 0 Å². The summed E-state index contributed by atoms with van der Waals surface area (Å²) in [5.74, 6) is -6.15. The third-order valence-corrected chi connectivity index (χ3v) is 3.87. The van der Waals surface area contributed by atoms with Crippen LogP contribution >= 0.6 is 0 Å². The third-order valence-electron chi connectivity index (χ3n) is 3.87. The summed E-state index contributed by atoms with van der Waals surface area (Å²) in [4.78, 5) is 11.8. The molecule has 1 aromatic rings. The SMILES string of the molecule is O=C(NCc1c(F)c(F)cc(F)c1F)NC1(CO)CCCC1. The van der Waals surface area contributed by atoms with Gasteiger partial charge in [-0.2, -0.15) is 0 Å². The van der Waals surface area contributed by atoms with Crippen LogP contribution in [-0.4, -0.2) is 23.3 Å². The molecular formula is C14H16F4N2O2. The maximum absolute atomic E-state index is 13.4. The van der Waals surface area contributed by atoms with Crippen LogP contribution in [0.3, 0.4) is 0 Å². The largest absolute Gasteiger partial charge is 0.394 e. The smallest absolute Gasteiger partial charge is 0.315 e. The number of benzene rings is 1. The van der Waals surface area contributed by atoms with E-state index in [1.54, 1.807) is 0 Å². The summed E-state index contributed by atoms with van der Waals surface area (Å²) >= 11 is 0. The summed E-state index contributed by atoms with van der Waals surface area (Å²) in [5, 5.41) is 14.0. The molecule has 1 aliphatic carbocycles. The average Bonchev–Trinajstić information content (AvgIpc) is 2.94. The molecule has 0 spiro atoms. The molecule has 1 aromatic carbocycles. The van der Waals surface area contributed by atoms with Crippen LogP contribution in [0.5, 0.6) is 0 Å². The van der Waals surface area contributed by atoms with Crippen molar-refractivity contribution in [3.8, 4) is 0 Å². The molecule has 2 amide bonds. The van der Waals surface area contributed by atoms with Gasteiger partial charge in [0.25, 0.3) is 0 Å². The molecule has 0 heterocycles. The lowest BCUT2D eigenvalue weighted by Gasteiger charge is -2.28. The molecule has 22 heavy (non-hydrogen) atoms. The van der Waals surface area contributed by atoms with Gasteiger partial charge in [0.05, 0.1) is 18.7 Å². The molecule has 3 N–H and O–H groups in total. The van der Waals surface area contributed by atoms with Crippen molar-refractivity contribution in [2.24, 2.45) is 0 Å². The van der Waals surface area contributed by atoms with Crippen LogP contribution in [0.15, 0.2) is 6.07 Å². The fraction of sp³-hybridized carbons (Fsp3) is 0.500. The number of aliphatic hydroxyl groups is 1. The Kier molecular flexibility index (Phi) is 4.90. The molecule has 0 atom stereocenters. The summed E-state index contributed by atoms with van der Waals surface area (Å²) < 4.78 is 53.0. The molecule has 2 rings (SSSR count). The molecule has 8 heteroatoms. The van der Waals surface area contributed by atoms with Gasteiger partial charge >= 0.3 is 6.03 Å². The van der Waals surface area contributed by atoms with Gasteiger partial charge in [-0.1, -0.05) is 12.8 Å². The minimum absolute atomic E-state index is 0.105. The lowest BCUT2D eigenvalue weighted by molar-refractivity contribution is 0.162. The van der Waals surface area contributed by atoms with Gasteiger partial charge in [-0.05, 0) is 12.8 Å². The number of rotatable bonds is 4. The van der Waals surface area contributed by atoms with E-state index in [0.717, 1.165) is 12.8 Å². The normalized spacial score (nSPS) is 16.6. The molecule has 1 saturated carbocycles. The van der Waals surface area contributed by atoms with Crippen molar-refractivity contribution in [2.75, 3.05) is 6.61 Å². The summed E-state index contributed by atoms with van der Waals surface area (Å²) in [6, 6.07) is -0.660. The Bertz CT molecular complexity index is 548. The van der Waals surface area contributed by atoms with E-state index >= 15 is 0 Å². The number of carbonyl (C=O) groups is 1. The number of hydrogen-bond acceptors (Lipinski definition) is 2. The van der Waals surface area contributed by atoms with E-state index in [-0.39, 0.29) is 12.7 Å².